The van der Waals surface area contributed by atoms with Crippen molar-refractivity contribution in [1.82, 2.24) is 5.32 Å². The van der Waals surface area contributed by atoms with Crippen LogP contribution in [0.4, 0.5) is 10.1 Å². The molecule has 6 heteroatoms. The van der Waals surface area contributed by atoms with Crippen LogP contribution in [0, 0.1) is 5.82 Å². The number of carbonyl (C=O) groups excluding carboxylic acids is 2. The van der Waals surface area contributed by atoms with Gasteiger partial charge in [0.15, 0.2) is 0 Å². The molecule has 0 fully saturated rings. The Morgan fingerprint density at radius 2 is 1.94 bits per heavy atom. The summed E-state index contributed by atoms with van der Waals surface area (Å²) in [4.78, 5) is 21.6. The Balaban J connectivity index is 2.40. The second kappa shape index (κ2) is 5.82. The van der Waals surface area contributed by atoms with Crippen LogP contribution in [0.3, 0.4) is 0 Å². The molecule has 16 heavy (non-hydrogen) atoms. The molecule has 2 amide bonds. The molecule has 0 saturated carbocycles. The van der Waals surface area contributed by atoms with E-state index in [2.05, 4.69) is 10.6 Å². The molecule has 0 spiro atoms. The Morgan fingerprint density at radius 1 is 1.25 bits per heavy atom. The summed E-state index contributed by atoms with van der Waals surface area (Å²) in [6.45, 7) is -0.192. The molecule has 0 heterocycles. The van der Waals surface area contributed by atoms with Gasteiger partial charge in [-0.15, -0.1) is 0 Å². The van der Waals surface area contributed by atoms with E-state index in [-0.39, 0.29) is 18.8 Å². The molecule has 0 atom stereocenters. The van der Waals surface area contributed by atoms with Crippen LogP contribution in [0.5, 0.6) is 0 Å². The van der Waals surface area contributed by atoms with E-state index >= 15 is 0 Å². The van der Waals surface area contributed by atoms with E-state index in [0.29, 0.717) is 0 Å². The van der Waals surface area contributed by atoms with E-state index in [1.807, 2.05) is 0 Å². The van der Waals surface area contributed by atoms with Crippen LogP contribution in [0.2, 0.25) is 0 Å². The topological polar surface area (TPSA) is 84.2 Å². The highest BCUT2D eigenvalue weighted by Gasteiger charge is 2.05. The zero-order valence-electron chi connectivity index (χ0n) is 8.50. The molecule has 5 nitrogen and oxygen atoms in total. The number of hydrogen-bond donors (Lipinski definition) is 3. The quantitative estimate of drug-likeness (QED) is 0.651. The lowest BCUT2D eigenvalue weighted by Gasteiger charge is -2.06. The largest absolute Gasteiger partial charge is 0.369 e. The molecule has 86 valence electrons. The van der Waals surface area contributed by atoms with Crippen molar-refractivity contribution in [2.45, 2.75) is 0 Å². The fourth-order valence-corrected chi connectivity index (χ4v) is 1.06. The van der Waals surface area contributed by atoms with Gasteiger partial charge in [-0.3, -0.25) is 14.9 Å². The molecule has 1 aromatic rings. The minimum Gasteiger partial charge on any atom is -0.369 e. The summed E-state index contributed by atoms with van der Waals surface area (Å²) in [5, 5.41) is 4.87. The number of nitrogens with two attached hydrogens (primary N) is 1. The van der Waals surface area contributed by atoms with Gasteiger partial charge in [-0.05, 0) is 12.1 Å². The molecule has 0 aliphatic rings. The minimum atomic E-state index is -0.557. The third kappa shape index (κ3) is 4.05. The second-order valence-corrected chi connectivity index (χ2v) is 3.10. The molecular formula is C10H12FN3O2. The Labute approximate surface area is 91.8 Å². The summed E-state index contributed by atoms with van der Waals surface area (Å²) in [6.07, 6.45) is 0. The fourth-order valence-electron chi connectivity index (χ4n) is 1.06. The summed E-state index contributed by atoms with van der Waals surface area (Å²) >= 11 is 0. The first-order valence-corrected chi connectivity index (χ1v) is 4.63. The first-order valence-electron chi connectivity index (χ1n) is 4.63. The first kappa shape index (κ1) is 12.1. The molecule has 0 bridgehead atoms. The van der Waals surface area contributed by atoms with Crippen molar-refractivity contribution in [3.63, 3.8) is 0 Å². The maximum absolute atomic E-state index is 13.1. The number of hydrogen-bond acceptors (Lipinski definition) is 3. The van der Waals surface area contributed by atoms with Crippen molar-refractivity contribution in [2.24, 2.45) is 5.73 Å². The molecule has 0 radical (unpaired) electrons. The van der Waals surface area contributed by atoms with Crippen molar-refractivity contribution in [3.8, 4) is 0 Å². The average molecular weight is 225 g/mol. The Hall–Kier alpha value is -1.95. The number of nitrogens with one attached hydrogen (secondary N) is 2. The number of rotatable bonds is 5. The van der Waals surface area contributed by atoms with Gasteiger partial charge in [-0.25, -0.2) is 4.39 Å². The van der Waals surface area contributed by atoms with Gasteiger partial charge < -0.3 is 11.1 Å². The lowest BCUT2D eigenvalue weighted by atomic mass is 10.3. The number of carbonyl (C=O) groups is 2. The number of halogens is 1. The zero-order chi connectivity index (χ0) is 12.0. The van der Waals surface area contributed by atoms with Crippen LogP contribution < -0.4 is 16.4 Å². The number of anilines is 1. The minimum absolute atomic E-state index is 0.0926. The molecule has 1 rings (SSSR count). The fraction of sp³-hybridized carbons (Fsp3) is 0.200. The normalized spacial score (nSPS) is 9.81. The van der Waals surface area contributed by atoms with Crippen LogP contribution in [-0.2, 0) is 9.59 Å². The number of amides is 2. The summed E-state index contributed by atoms with van der Waals surface area (Å²) in [6, 6.07) is 5.82. The van der Waals surface area contributed by atoms with Crippen molar-refractivity contribution >= 4 is 17.5 Å². The van der Waals surface area contributed by atoms with Gasteiger partial charge in [0.1, 0.15) is 5.82 Å². The number of primary amides is 1. The summed E-state index contributed by atoms with van der Waals surface area (Å²) in [5.41, 5.74) is 4.97. The first-order chi connectivity index (χ1) is 7.59. The zero-order valence-corrected chi connectivity index (χ0v) is 8.50. The van der Waals surface area contributed by atoms with Crippen LogP contribution in [-0.4, -0.2) is 24.9 Å². The lowest BCUT2D eigenvalue weighted by Crippen LogP contribution is -2.34. The molecule has 0 saturated heterocycles. The molecule has 0 aliphatic heterocycles. The Bertz CT molecular complexity index is 395. The third-order valence-corrected chi connectivity index (χ3v) is 1.73. The highest BCUT2D eigenvalue weighted by atomic mass is 19.1. The van der Waals surface area contributed by atoms with Crippen LogP contribution in [0.1, 0.15) is 0 Å². The third-order valence-electron chi connectivity index (χ3n) is 1.73. The highest BCUT2D eigenvalue weighted by molar-refractivity contribution is 5.92. The molecule has 0 unspecified atom stereocenters. The van der Waals surface area contributed by atoms with Crippen molar-refractivity contribution in [1.29, 1.82) is 0 Å². The van der Waals surface area contributed by atoms with Crippen LogP contribution in [0.25, 0.3) is 0 Å². The van der Waals surface area contributed by atoms with E-state index in [1.165, 1.54) is 18.2 Å². The van der Waals surface area contributed by atoms with Gasteiger partial charge in [-0.2, -0.15) is 0 Å². The SMILES string of the molecule is NC(=O)CNCC(=O)Nc1ccccc1F. The monoisotopic (exact) mass is 225 g/mol. The predicted molar refractivity (Wildman–Crippen MR) is 57.1 cm³/mol. The summed E-state index contributed by atoms with van der Waals surface area (Å²) < 4.78 is 13.1. The number of benzene rings is 1. The van der Waals surface area contributed by atoms with E-state index in [0.717, 1.165) is 0 Å². The van der Waals surface area contributed by atoms with Crippen molar-refractivity contribution in [3.05, 3.63) is 30.1 Å². The van der Waals surface area contributed by atoms with Crippen LogP contribution in [0.15, 0.2) is 24.3 Å². The molecular weight excluding hydrogens is 213 g/mol. The lowest BCUT2D eigenvalue weighted by molar-refractivity contribution is -0.117. The molecule has 4 N–H and O–H groups in total. The van der Waals surface area contributed by atoms with Gasteiger partial charge >= 0.3 is 0 Å². The van der Waals surface area contributed by atoms with Gasteiger partial charge in [0.05, 0.1) is 18.8 Å². The summed E-state index contributed by atoms with van der Waals surface area (Å²) in [5.74, 6) is -1.50. The Kier molecular flexibility index (Phi) is 4.41. The van der Waals surface area contributed by atoms with Crippen molar-refractivity contribution in [2.75, 3.05) is 18.4 Å². The average Bonchev–Trinajstić information content (AvgIpc) is 2.21. The molecule has 0 aromatic heterocycles. The van der Waals surface area contributed by atoms with Gasteiger partial charge in [-0.1, -0.05) is 12.1 Å². The molecule has 1 aromatic carbocycles. The maximum Gasteiger partial charge on any atom is 0.238 e. The van der Waals surface area contributed by atoms with E-state index < -0.39 is 17.6 Å². The molecule has 0 aliphatic carbocycles. The van der Waals surface area contributed by atoms with Gasteiger partial charge in [0.25, 0.3) is 0 Å². The van der Waals surface area contributed by atoms with Gasteiger partial charge in [0, 0.05) is 0 Å². The van der Waals surface area contributed by atoms with E-state index in [9.17, 15) is 14.0 Å². The van der Waals surface area contributed by atoms with E-state index in [1.54, 1.807) is 6.07 Å². The maximum atomic E-state index is 13.1. The smallest absolute Gasteiger partial charge is 0.238 e. The number of para-hydroxylation sites is 1. The van der Waals surface area contributed by atoms with Gasteiger partial charge in [0.2, 0.25) is 11.8 Å². The standard InChI is InChI=1S/C10H12FN3O2/c11-7-3-1-2-4-8(7)14-10(16)6-13-5-9(12)15/h1-4,13H,5-6H2,(H2,12,15)(H,14,16). The Morgan fingerprint density at radius 3 is 2.56 bits per heavy atom. The second-order valence-electron chi connectivity index (χ2n) is 3.10. The van der Waals surface area contributed by atoms with E-state index in [4.69, 9.17) is 5.73 Å². The summed E-state index contributed by atoms with van der Waals surface area (Å²) in [7, 11) is 0. The van der Waals surface area contributed by atoms with Crippen LogP contribution >= 0.6 is 0 Å². The predicted octanol–water partition coefficient (Wildman–Crippen LogP) is -0.161. The van der Waals surface area contributed by atoms with Crippen molar-refractivity contribution < 1.29 is 14.0 Å². The highest BCUT2D eigenvalue weighted by Crippen LogP contribution is 2.11.